The number of para-hydroxylation sites is 1. The molecule has 0 radical (unpaired) electrons. The molecule has 1 heterocycles. The standard InChI is InChI=1S/C24H15ClO/c25-21-14-19(15-23-24(21)20-11-4-5-12-22(20)26-23)18-10-6-9-17(13-18)16-7-2-1-3-8-16/h1-15H. The van der Waals surface area contributed by atoms with Gasteiger partial charge in [0.25, 0.3) is 0 Å². The minimum absolute atomic E-state index is 0.715. The summed E-state index contributed by atoms with van der Waals surface area (Å²) in [6.07, 6.45) is 0. The third-order valence-electron chi connectivity index (χ3n) is 4.73. The quantitative estimate of drug-likeness (QED) is 0.318. The monoisotopic (exact) mass is 354 g/mol. The smallest absolute Gasteiger partial charge is 0.137 e. The minimum Gasteiger partial charge on any atom is -0.456 e. The van der Waals surface area contributed by atoms with Crippen LogP contribution >= 0.6 is 11.6 Å². The van der Waals surface area contributed by atoms with E-state index in [1.807, 2.05) is 36.4 Å². The number of rotatable bonds is 2. The highest BCUT2D eigenvalue weighted by molar-refractivity contribution is 6.38. The van der Waals surface area contributed by atoms with Gasteiger partial charge in [-0.1, -0.05) is 78.3 Å². The second kappa shape index (κ2) is 6.05. The summed E-state index contributed by atoms with van der Waals surface area (Å²) in [6.45, 7) is 0. The van der Waals surface area contributed by atoms with Crippen molar-refractivity contribution < 1.29 is 4.42 Å². The molecule has 0 saturated carbocycles. The van der Waals surface area contributed by atoms with Crippen molar-refractivity contribution in [2.75, 3.05) is 0 Å². The highest BCUT2D eigenvalue weighted by Gasteiger charge is 2.12. The average Bonchev–Trinajstić information content (AvgIpc) is 3.08. The summed E-state index contributed by atoms with van der Waals surface area (Å²) in [7, 11) is 0. The summed E-state index contributed by atoms with van der Waals surface area (Å²) in [6, 6.07) is 31.0. The van der Waals surface area contributed by atoms with Crippen molar-refractivity contribution in [1.29, 1.82) is 0 Å². The van der Waals surface area contributed by atoms with E-state index < -0.39 is 0 Å². The first-order valence-electron chi connectivity index (χ1n) is 8.56. The summed E-state index contributed by atoms with van der Waals surface area (Å²) in [5.74, 6) is 0. The summed E-state index contributed by atoms with van der Waals surface area (Å²) in [5, 5.41) is 2.75. The van der Waals surface area contributed by atoms with Gasteiger partial charge in [-0.3, -0.25) is 0 Å². The summed E-state index contributed by atoms with van der Waals surface area (Å²) in [4.78, 5) is 0. The van der Waals surface area contributed by atoms with E-state index in [4.69, 9.17) is 16.0 Å². The van der Waals surface area contributed by atoms with Crippen molar-refractivity contribution in [2.24, 2.45) is 0 Å². The number of hydrogen-bond donors (Lipinski definition) is 0. The van der Waals surface area contributed by atoms with E-state index >= 15 is 0 Å². The molecule has 0 aliphatic heterocycles. The van der Waals surface area contributed by atoms with Crippen LogP contribution in [0.4, 0.5) is 0 Å². The van der Waals surface area contributed by atoms with Gasteiger partial charge < -0.3 is 4.42 Å². The van der Waals surface area contributed by atoms with Gasteiger partial charge in [-0.05, 0) is 46.5 Å². The molecule has 124 valence electrons. The van der Waals surface area contributed by atoms with Crippen LogP contribution in [0.15, 0.2) is 95.4 Å². The van der Waals surface area contributed by atoms with Crippen LogP contribution in [-0.4, -0.2) is 0 Å². The molecule has 0 saturated heterocycles. The minimum atomic E-state index is 0.715. The zero-order valence-corrected chi connectivity index (χ0v) is 14.7. The molecule has 5 rings (SSSR count). The topological polar surface area (TPSA) is 13.1 Å². The Balaban J connectivity index is 1.69. The molecule has 0 amide bonds. The van der Waals surface area contributed by atoms with Crippen LogP contribution in [0.2, 0.25) is 5.02 Å². The lowest BCUT2D eigenvalue weighted by atomic mass is 9.98. The molecular weight excluding hydrogens is 340 g/mol. The molecule has 0 aliphatic carbocycles. The van der Waals surface area contributed by atoms with Crippen LogP contribution in [0.3, 0.4) is 0 Å². The van der Waals surface area contributed by atoms with Gasteiger partial charge in [0.05, 0.1) is 5.02 Å². The molecule has 0 bridgehead atoms. The van der Waals surface area contributed by atoms with E-state index in [9.17, 15) is 0 Å². The number of benzene rings is 4. The molecule has 1 nitrogen and oxygen atoms in total. The SMILES string of the molecule is Clc1cc(-c2cccc(-c3ccccc3)c2)cc2oc3ccccc3c12. The van der Waals surface area contributed by atoms with Crippen molar-refractivity contribution in [2.45, 2.75) is 0 Å². The molecule has 0 aliphatic rings. The molecule has 0 spiro atoms. The molecule has 2 heteroatoms. The van der Waals surface area contributed by atoms with Gasteiger partial charge in [0.2, 0.25) is 0 Å². The lowest BCUT2D eigenvalue weighted by Gasteiger charge is -2.07. The van der Waals surface area contributed by atoms with Crippen LogP contribution in [-0.2, 0) is 0 Å². The molecule has 0 atom stereocenters. The van der Waals surface area contributed by atoms with Gasteiger partial charge in [0.1, 0.15) is 11.2 Å². The van der Waals surface area contributed by atoms with Crippen LogP contribution < -0.4 is 0 Å². The van der Waals surface area contributed by atoms with Gasteiger partial charge in [-0.15, -0.1) is 0 Å². The molecule has 5 aromatic rings. The third-order valence-corrected chi connectivity index (χ3v) is 5.03. The Morgan fingerprint density at radius 3 is 2.08 bits per heavy atom. The Hall–Kier alpha value is -3.03. The first-order valence-corrected chi connectivity index (χ1v) is 8.94. The lowest BCUT2D eigenvalue weighted by molar-refractivity contribution is 0.669. The van der Waals surface area contributed by atoms with Crippen molar-refractivity contribution >= 4 is 33.5 Å². The molecule has 26 heavy (non-hydrogen) atoms. The van der Waals surface area contributed by atoms with Crippen LogP contribution in [0.1, 0.15) is 0 Å². The molecule has 4 aromatic carbocycles. The summed E-state index contributed by atoms with van der Waals surface area (Å²) >= 11 is 6.63. The Labute approximate surface area is 156 Å². The average molecular weight is 355 g/mol. The van der Waals surface area contributed by atoms with Gasteiger partial charge in [0, 0.05) is 10.8 Å². The van der Waals surface area contributed by atoms with E-state index in [0.29, 0.717) is 5.02 Å². The van der Waals surface area contributed by atoms with E-state index in [2.05, 4.69) is 54.6 Å². The second-order valence-corrected chi connectivity index (χ2v) is 6.78. The van der Waals surface area contributed by atoms with Gasteiger partial charge in [0.15, 0.2) is 0 Å². The summed E-state index contributed by atoms with van der Waals surface area (Å²) in [5.41, 5.74) is 6.24. The first-order chi connectivity index (χ1) is 12.8. The molecular formula is C24H15ClO. The Kier molecular flexibility index (Phi) is 3.55. The normalized spacial score (nSPS) is 11.3. The maximum atomic E-state index is 6.63. The lowest BCUT2D eigenvalue weighted by Crippen LogP contribution is -1.82. The highest BCUT2D eigenvalue weighted by atomic mass is 35.5. The zero-order chi connectivity index (χ0) is 17.5. The Bertz CT molecular complexity index is 1240. The highest BCUT2D eigenvalue weighted by Crippen LogP contribution is 2.38. The largest absolute Gasteiger partial charge is 0.456 e. The molecule has 0 unspecified atom stereocenters. The third kappa shape index (κ3) is 2.49. The molecule has 0 N–H and O–H groups in total. The van der Waals surface area contributed by atoms with E-state index in [1.54, 1.807) is 0 Å². The Morgan fingerprint density at radius 2 is 1.23 bits per heavy atom. The van der Waals surface area contributed by atoms with Crippen LogP contribution in [0.5, 0.6) is 0 Å². The fourth-order valence-corrected chi connectivity index (χ4v) is 3.79. The zero-order valence-electron chi connectivity index (χ0n) is 13.9. The fourth-order valence-electron chi connectivity index (χ4n) is 3.48. The van der Waals surface area contributed by atoms with E-state index in [1.165, 1.54) is 11.1 Å². The molecule has 1 aromatic heterocycles. The van der Waals surface area contributed by atoms with E-state index in [0.717, 1.165) is 33.1 Å². The van der Waals surface area contributed by atoms with Gasteiger partial charge in [-0.25, -0.2) is 0 Å². The van der Waals surface area contributed by atoms with Gasteiger partial charge >= 0.3 is 0 Å². The van der Waals surface area contributed by atoms with Crippen molar-refractivity contribution in [1.82, 2.24) is 0 Å². The maximum Gasteiger partial charge on any atom is 0.137 e. The maximum absolute atomic E-state index is 6.63. The fraction of sp³-hybridized carbons (Fsp3) is 0. The number of fused-ring (bicyclic) bond motifs is 3. The number of halogens is 1. The first kappa shape index (κ1) is 15.2. The van der Waals surface area contributed by atoms with Crippen molar-refractivity contribution in [3.63, 3.8) is 0 Å². The number of hydrogen-bond acceptors (Lipinski definition) is 1. The predicted molar refractivity (Wildman–Crippen MR) is 110 cm³/mol. The van der Waals surface area contributed by atoms with Crippen molar-refractivity contribution in [3.05, 3.63) is 96.0 Å². The summed E-state index contributed by atoms with van der Waals surface area (Å²) < 4.78 is 6.03. The predicted octanol–water partition coefficient (Wildman–Crippen LogP) is 7.57. The van der Waals surface area contributed by atoms with Gasteiger partial charge in [-0.2, -0.15) is 0 Å². The van der Waals surface area contributed by atoms with Crippen LogP contribution in [0.25, 0.3) is 44.2 Å². The second-order valence-electron chi connectivity index (χ2n) is 6.38. The van der Waals surface area contributed by atoms with Crippen molar-refractivity contribution in [3.8, 4) is 22.3 Å². The number of furan rings is 1. The Morgan fingerprint density at radius 1 is 0.538 bits per heavy atom. The molecule has 0 fully saturated rings. The van der Waals surface area contributed by atoms with Crippen LogP contribution in [0, 0.1) is 0 Å². The van der Waals surface area contributed by atoms with E-state index in [-0.39, 0.29) is 0 Å².